The minimum absolute atomic E-state index is 0.260. The second-order valence-electron chi connectivity index (χ2n) is 5.12. The number of fused-ring (bicyclic) bond motifs is 1. The average Bonchev–Trinajstić information content (AvgIpc) is 2.86. The molecule has 1 amide bonds. The second kappa shape index (κ2) is 6.30. The van der Waals surface area contributed by atoms with Gasteiger partial charge in [0.1, 0.15) is 11.3 Å². The summed E-state index contributed by atoms with van der Waals surface area (Å²) in [5.41, 5.74) is 2.02. The maximum Gasteiger partial charge on any atom is 0.265 e. The highest BCUT2D eigenvalue weighted by atomic mass is 35.5. The molecule has 1 heterocycles. The summed E-state index contributed by atoms with van der Waals surface area (Å²) in [4.78, 5) is 16.5. The van der Waals surface area contributed by atoms with Crippen LogP contribution >= 0.6 is 11.6 Å². The Bertz CT molecular complexity index is 860. The second-order valence-corrected chi connectivity index (χ2v) is 5.56. The topological polar surface area (TPSA) is 64.4 Å². The summed E-state index contributed by atoms with van der Waals surface area (Å²) >= 11 is 5.90. The van der Waals surface area contributed by atoms with Crippen LogP contribution in [-0.2, 0) is 4.79 Å². The van der Waals surface area contributed by atoms with E-state index in [-0.39, 0.29) is 5.91 Å². The van der Waals surface area contributed by atoms with E-state index in [4.69, 9.17) is 20.8 Å². The van der Waals surface area contributed by atoms with Crippen LogP contribution in [0.3, 0.4) is 0 Å². The number of carbonyl (C=O) groups excluding carboxylic acids is 1. The van der Waals surface area contributed by atoms with Crippen LogP contribution < -0.4 is 10.1 Å². The maximum atomic E-state index is 12.2. The molecule has 0 radical (unpaired) electrons. The molecule has 5 nitrogen and oxygen atoms in total. The van der Waals surface area contributed by atoms with Crippen LogP contribution in [0.2, 0.25) is 5.02 Å². The van der Waals surface area contributed by atoms with E-state index in [9.17, 15) is 4.79 Å². The Balaban J connectivity index is 1.69. The Morgan fingerprint density at radius 1 is 1.30 bits per heavy atom. The first-order valence-electron chi connectivity index (χ1n) is 7.11. The molecule has 6 heteroatoms. The SMILES string of the molecule is Cc1nc2cc(NC(=O)C(C)Oc3cccc(Cl)c3)ccc2o1. The largest absolute Gasteiger partial charge is 0.481 e. The number of hydrogen-bond donors (Lipinski definition) is 1. The minimum atomic E-state index is -0.664. The first kappa shape index (κ1) is 15.4. The molecule has 118 valence electrons. The van der Waals surface area contributed by atoms with Gasteiger partial charge in [0.15, 0.2) is 17.6 Å². The van der Waals surface area contributed by atoms with Crippen molar-refractivity contribution >= 4 is 34.3 Å². The lowest BCUT2D eigenvalue weighted by molar-refractivity contribution is -0.122. The van der Waals surface area contributed by atoms with E-state index < -0.39 is 6.10 Å². The number of ether oxygens (including phenoxy) is 1. The van der Waals surface area contributed by atoms with Gasteiger partial charge in [-0.25, -0.2) is 4.98 Å². The number of halogens is 1. The zero-order valence-corrected chi connectivity index (χ0v) is 13.4. The van der Waals surface area contributed by atoms with Crippen molar-refractivity contribution in [3.8, 4) is 5.75 Å². The van der Waals surface area contributed by atoms with Crippen molar-refractivity contribution in [1.82, 2.24) is 4.98 Å². The van der Waals surface area contributed by atoms with Gasteiger partial charge in [0.25, 0.3) is 5.91 Å². The Morgan fingerprint density at radius 2 is 2.13 bits per heavy atom. The molecule has 0 aliphatic carbocycles. The number of benzene rings is 2. The van der Waals surface area contributed by atoms with E-state index in [1.54, 1.807) is 56.3 Å². The Hall–Kier alpha value is -2.53. The lowest BCUT2D eigenvalue weighted by atomic mass is 10.2. The number of anilines is 1. The number of amides is 1. The van der Waals surface area contributed by atoms with Crippen molar-refractivity contribution in [2.24, 2.45) is 0 Å². The summed E-state index contributed by atoms with van der Waals surface area (Å²) in [5, 5.41) is 3.36. The molecule has 0 aliphatic rings. The van der Waals surface area contributed by atoms with Crippen LogP contribution in [0.5, 0.6) is 5.75 Å². The first-order valence-corrected chi connectivity index (χ1v) is 7.49. The molecule has 0 saturated heterocycles. The standard InChI is InChI=1S/C17H15ClN2O3/c1-10(22-14-5-3-4-12(18)8-14)17(21)20-13-6-7-16-15(9-13)19-11(2)23-16/h3-10H,1-2H3,(H,20,21). The highest BCUT2D eigenvalue weighted by molar-refractivity contribution is 6.30. The summed E-state index contributed by atoms with van der Waals surface area (Å²) in [6.45, 7) is 3.45. The van der Waals surface area contributed by atoms with Crippen molar-refractivity contribution < 1.29 is 13.9 Å². The molecule has 1 atom stereocenters. The molecule has 0 bridgehead atoms. The van der Waals surface area contributed by atoms with Crippen LogP contribution in [-0.4, -0.2) is 17.0 Å². The smallest absolute Gasteiger partial charge is 0.265 e. The zero-order chi connectivity index (χ0) is 16.4. The van der Waals surface area contributed by atoms with E-state index in [1.165, 1.54) is 0 Å². The van der Waals surface area contributed by atoms with Gasteiger partial charge in [-0.1, -0.05) is 17.7 Å². The Labute approximate surface area is 138 Å². The minimum Gasteiger partial charge on any atom is -0.481 e. The van der Waals surface area contributed by atoms with Crippen LogP contribution in [0.25, 0.3) is 11.1 Å². The fourth-order valence-corrected chi connectivity index (χ4v) is 2.34. The van der Waals surface area contributed by atoms with Gasteiger partial charge in [-0.3, -0.25) is 4.79 Å². The van der Waals surface area contributed by atoms with Gasteiger partial charge in [0.2, 0.25) is 0 Å². The number of nitrogens with zero attached hydrogens (tertiary/aromatic N) is 1. The maximum absolute atomic E-state index is 12.2. The van der Waals surface area contributed by atoms with Crippen molar-refractivity contribution in [3.63, 3.8) is 0 Å². The van der Waals surface area contributed by atoms with Crippen molar-refractivity contribution in [2.75, 3.05) is 5.32 Å². The van der Waals surface area contributed by atoms with Gasteiger partial charge in [0.05, 0.1) is 0 Å². The van der Waals surface area contributed by atoms with Gasteiger partial charge in [0, 0.05) is 17.6 Å². The Morgan fingerprint density at radius 3 is 2.91 bits per heavy atom. The molecule has 3 rings (SSSR count). The number of hydrogen-bond acceptors (Lipinski definition) is 4. The predicted octanol–water partition coefficient (Wildman–Crippen LogP) is 4.20. The highest BCUT2D eigenvalue weighted by Crippen LogP contribution is 2.21. The van der Waals surface area contributed by atoms with E-state index in [2.05, 4.69) is 10.3 Å². The molecule has 1 aromatic heterocycles. The molecular weight excluding hydrogens is 316 g/mol. The molecule has 0 aliphatic heterocycles. The molecule has 0 saturated carbocycles. The zero-order valence-electron chi connectivity index (χ0n) is 12.7. The summed E-state index contributed by atoms with van der Waals surface area (Å²) in [5.74, 6) is 0.869. The molecule has 0 fully saturated rings. The van der Waals surface area contributed by atoms with E-state index in [1.807, 2.05) is 0 Å². The average molecular weight is 331 g/mol. The quantitative estimate of drug-likeness (QED) is 0.778. The molecule has 2 aromatic carbocycles. The number of aromatic nitrogens is 1. The predicted molar refractivity (Wildman–Crippen MR) is 88.9 cm³/mol. The summed E-state index contributed by atoms with van der Waals surface area (Å²) < 4.78 is 11.0. The highest BCUT2D eigenvalue weighted by Gasteiger charge is 2.15. The lowest BCUT2D eigenvalue weighted by Crippen LogP contribution is -2.30. The number of nitrogens with one attached hydrogen (secondary N) is 1. The summed E-state index contributed by atoms with van der Waals surface area (Å²) in [6.07, 6.45) is -0.664. The van der Waals surface area contributed by atoms with Gasteiger partial charge in [-0.2, -0.15) is 0 Å². The molecule has 0 spiro atoms. The molecule has 1 unspecified atom stereocenters. The molecule has 23 heavy (non-hydrogen) atoms. The number of carbonyl (C=O) groups is 1. The molecule has 1 N–H and O–H groups in total. The van der Waals surface area contributed by atoms with E-state index >= 15 is 0 Å². The van der Waals surface area contributed by atoms with Crippen molar-refractivity contribution in [2.45, 2.75) is 20.0 Å². The van der Waals surface area contributed by atoms with Crippen LogP contribution in [0.15, 0.2) is 46.9 Å². The van der Waals surface area contributed by atoms with E-state index in [0.29, 0.717) is 33.4 Å². The summed E-state index contributed by atoms with van der Waals surface area (Å²) in [6, 6.07) is 12.2. The lowest BCUT2D eigenvalue weighted by Gasteiger charge is -2.14. The van der Waals surface area contributed by atoms with Gasteiger partial charge in [-0.15, -0.1) is 0 Å². The summed E-state index contributed by atoms with van der Waals surface area (Å²) in [7, 11) is 0. The third kappa shape index (κ3) is 3.63. The molecular formula is C17H15ClN2O3. The third-order valence-corrected chi connectivity index (χ3v) is 3.48. The van der Waals surface area contributed by atoms with Gasteiger partial charge >= 0.3 is 0 Å². The van der Waals surface area contributed by atoms with Crippen LogP contribution in [0, 0.1) is 6.92 Å². The fraction of sp³-hybridized carbons (Fsp3) is 0.176. The van der Waals surface area contributed by atoms with Crippen LogP contribution in [0.1, 0.15) is 12.8 Å². The first-order chi connectivity index (χ1) is 11.0. The monoisotopic (exact) mass is 330 g/mol. The van der Waals surface area contributed by atoms with Crippen LogP contribution in [0.4, 0.5) is 5.69 Å². The number of oxazole rings is 1. The third-order valence-electron chi connectivity index (χ3n) is 3.24. The van der Waals surface area contributed by atoms with Crippen molar-refractivity contribution in [1.29, 1.82) is 0 Å². The molecule has 3 aromatic rings. The number of aryl methyl sites for hydroxylation is 1. The van der Waals surface area contributed by atoms with E-state index in [0.717, 1.165) is 0 Å². The normalized spacial score (nSPS) is 12.1. The van der Waals surface area contributed by atoms with Crippen molar-refractivity contribution in [3.05, 3.63) is 53.4 Å². The fourth-order valence-electron chi connectivity index (χ4n) is 2.16. The Kier molecular flexibility index (Phi) is 4.21. The van der Waals surface area contributed by atoms with Gasteiger partial charge in [-0.05, 0) is 43.3 Å². The van der Waals surface area contributed by atoms with Gasteiger partial charge < -0.3 is 14.5 Å². The number of rotatable bonds is 4.